The van der Waals surface area contributed by atoms with Crippen molar-refractivity contribution in [2.45, 2.75) is 33.4 Å². The van der Waals surface area contributed by atoms with Gasteiger partial charge in [-0.25, -0.2) is 9.97 Å². The molecule has 0 fully saturated rings. The van der Waals surface area contributed by atoms with Crippen LogP contribution < -0.4 is 16.6 Å². The molecule has 0 saturated carbocycles. The lowest BCUT2D eigenvalue weighted by Gasteiger charge is -2.19. The number of aromatic nitrogens is 3. The fraction of sp³-hybridized carbons (Fsp3) is 0.214. The maximum Gasteiger partial charge on any atom is 0.263 e. The number of anilines is 2. The van der Waals surface area contributed by atoms with Crippen LogP contribution in [0.25, 0.3) is 16.5 Å². The Morgan fingerprint density at radius 3 is 2.64 bits per heavy atom. The molecule has 4 rings (SSSR count). The van der Waals surface area contributed by atoms with E-state index in [-0.39, 0.29) is 17.9 Å². The molecule has 0 aliphatic rings. The van der Waals surface area contributed by atoms with Crippen molar-refractivity contribution in [3.05, 3.63) is 87.6 Å². The van der Waals surface area contributed by atoms with E-state index in [2.05, 4.69) is 32.1 Å². The van der Waals surface area contributed by atoms with Gasteiger partial charge >= 0.3 is 0 Å². The first-order chi connectivity index (χ1) is 17.3. The van der Waals surface area contributed by atoms with Crippen molar-refractivity contribution >= 4 is 28.1 Å². The molecular formula is C28H28N6O2. The average molecular weight is 481 g/mol. The van der Waals surface area contributed by atoms with Crippen molar-refractivity contribution in [3.8, 4) is 17.5 Å². The number of aliphatic hydroxyl groups is 1. The molecule has 4 aromatic rings. The summed E-state index contributed by atoms with van der Waals surface area (Å²) in [6.07, 6.45) is 0.531. The summed E-state index contributed by atoms with van der Waals surface area (Å²) in [6, 6.07) is 15.6. The first-order valence-corrected chi connectivity index (χ1v) is 11.5. The first-order valence-electron chi connectivity index (χ1n) is 11.5. The van der Waals surface area contributed by atoms with Crippen LogP contribution in [0, 0.1) is 25.7 Å². The Morgan fingerprint density at radius 2 is 1.92 bits per heavy atom. The Morgan fingerprint density at radius 1 is 1.17 bits per heavy atom. The summed E-state index contributed by atoms with van der Waals surface area (Å²) in [7, 11) is 1.59. The molecule has 8 heteroatoms. The van der Waals surface area contributed by atoms with Crippen LogP contribution in [-0.2, 0) is 6.54 Å². The number of aliphatic imine (C=N–C) groups is 1. The number of para-hydroxylation sites is 1. The summed E-state index contributed by atoms with van der Waals surface area (Å²) < 4.78 is 1.74. The van der Waals surface area contributed by atoms with Crippen molar-refractivity contribution in [2.24, 2.45) is 4.99 Å². The zero-order valence-electron chi connectivity index (χ0n) is 20.7. The van der Waals surface area contributed by atoms with Crippen LogP contribution in [0.4, 0.5) is 11.6 Å². The van der Waals surface area contributed by atoms with Gasteiger partial charge in [-0.2, -0.15) is 0 Å². The highest BCUT2D eigenvalue weighted by Crippen LogP contribution is 2.23. The van der Waals surface area contributed by atoms with E-state index in [0.717, 1.165) is 27.9 Å². The van der Waals surface area contributed by atoms with Crippen LogP contribution >= 0.6 is 0 Å². The van der Waals surface area contributed by atoms with Gasteiger partial charge in [-0.15, -0.1) is 0 Å². The smallest absolute Gasteiger partial charge is 0.263 e. The van der Waals surface area contributed by atoms with Gasteiger partial charge in [0.1, 0.15) is 29.8 Å². The number of nitrogens with two attached hydrogens (primary N) is 1. The van der Waals surface area contributed by atoms with E-state index in [1.54, 1.807) is 18.5 Å². The zero-order valence-corrected chi connectivity index (χ0v) is 20.7. The molecule has 0 amide bonds. The summed E-state index contributed by atoms with van der Waals surface area (Å²) >= 11 is 0. The number of fused-ring (bicyclic) bond motifs is 1. The summed E-state index contributed by atoms with van der Waals surface area (Å²) in [5.41, 5.74) is 10.3. The SMILES string of the molecule is C/N=C(/C#C[C@H](C)O)c1c(N)ncnc1NCc1cc2cccc(C)c2c(=O)n1-c1ccccc1C. The molecule has 1 atom stereocenters. The lowest BCUT2D eigenvalue weighted by atomic mass is 10.1. The number of nitrogen functional groups attached to an aromatic ring is 1. The van der Waals surface area contributed by atoms with Gasteiger partial charge in [0.2, 0.25) is 0 Å². The normalized spacial score (nSPS) is 12.2. The monoisotopic (exact) mass is 480 g/mol. The predicted molar refractivity (Wildman–Crippen MR) is 145 cm³/mol. The molecule has 0 spiro atoms. The van der Waals surface area contributed by atoms with Crippen molar-refractivity contribution in [2.75, 3.05) is 18.1 Å². The van der Waals surface area contributed by atoms with Crippen molar-refractivity contribution in [1.82, 2.24) is 14.5 Å². The highest BCUT2D eigenvalue weighted by atomic mass is 16.3. The Hall–Kier alpha value is -4.48. The van der Waals surface area contributed by atoms with Gasteiger partial charge in [0.15, 0.2) is 0 Å². The molecule has 2 heterocycles. The van der Waals surface area contributed by atoms with Gasteiger partial charge < -0.3 is 16.2 Å². The third kappa shape index (κ3) is 4.83. The molecule has 0 saturated heterocycles. The minimum absolute atomic E-state index is 0.0854. The summed E-state index contributed by atoms with van der Waals surface area (Å²) in [5.74, 6) is 6.16. The Labute approximate surface area is 209 Å². The standard InChI is InChI=1S/C28H28N6O2/c1-17-8-5-6-11-23(17)34-21(14-20-10-7-9-18(2)24(20)28(34)36)15-31-27-25(26(29)32-16-33-27)22(30-4)13-12-19(3)35/h5-11,14,16,19,35H,15H2,1-4H3,(H3,29,31,32,33)/b30-22-/t19-/m0/s1. The molecule has 36 heavy (non-hydrogen) atoms. The molecule has 0 aliphatic heterocycles. The second-order valence-corrected chi connectivity index (χ2v) is 8.46. The topological polar surface area (TPSA) is 118 Å². The van der Waals surface area contributed by atoms with Crippen molar-refractivity contribution in [3.63, 3.8) is 0 Å². The number of nitrogens with one attached hydrogen (secondary N) is 1. The maximum absolute atomic E-state index is 13.8. The molecule has 2 aromatic heterocycles. The molecule has 0 radical (unpaired) electrons. The molecule has 8 nitrogen and oxygen atoms in total. The van der Waals surface area contributed by atoms with Gasteiger partial charge in [0.25, 0.3) is 5.56 Å². The van der Waals surface area contributed by atoms with E-state index >= 15 is 0 Å². The van der Waals surface area contributed by atoms with Crippen LogP contribution in [-0.4, -0.2) is 38.5 Å². The third-order valence-electron chi connectivity index (χ3n) is 5.86. The van der Waals surface area contributed by atoms with E-state index in [9.17, 15) is 9.90 Å². The van der Waals surface area contributed by atoms with Gasteiger partial charge in [-0.1, -0.05) is 42.3 Å². The largest absolute Gasteiger partial charge is 0.383 e. The van der Waals surface area contributed by atoms with E-state index in [1.165, 1.54) is 6.33 Å². The fourth-order valence-corrected chi connectivity index (χ4v) is 4.14. The molecular weight excluding hydrogens is 452 g/mol. The zero-order chi connectivity index (χ0) is 25.8. The van der Waals surface area contributed by atoms with Crippen LogP contribution in [0.3, 0.4) is 0 Å². The summed E-state index contributed by atoms with van der Waals surface area (Å²) in [4.78, 5) is 26.5. The minimum Gasteiger partial charge on any atom is -0.383 e. The van der Waals surface area contributed by atoms with Gasteiger partial charge in [0.05, 0.1) is 23.2 Å². The van der Waals surface area contributed by atoms with Crippen LogP contribution in [0.2, 0.25) is 0 Å². The first kappa shape index (κ1) is 24.6. The van der Waals surface area contributed by atoms with E-state index in [1.807, 2.05) is 62.4 Å². The summed E-state index contributed by atoms with van der Waals surface area (Å²) in [5, 5.41) is 14.4. The van der Waals surface area contributed by atoms with Crippen molar-refractivity contribution in [1.29, 1.82) is 0 Å². The van der Waals surface area contributed by atoms with Crippen LogP contribution in [0.5, 0.6) is 0 Å². The number of pyridine rings is 1. The molecule has 0 unspecified atom stereocenters. The maximum atomic E-state index is 13.8. The lowest BCUT2D eigenvalue weighted by molar-refractivity contribution is 0.253. The number of benzene rings is 2. The van der Waals surface area contributed by atoms with E-state index in [0.29, 0.717) is 22.5 Å². The van der Waals surface area contributed by atoms with Crippen LogP contribution in [0.1, 0.15) is 29.3 Å². The average Bonchev–Trinajstić information content (AvgIpc) is 2.84. The number of rotatable bonds is 5. The van der Waals surface area contributed by atoms with E-state index < -0.39 is 6.10 Å². The second kappa shape index (κ2) is 10.4. The molecule has 0 aliphatic carbocycles. The minimum atomic E-state index is -0.825. The molecule has 2 aromatic carbocycles. The third-order valence-corrected chi connectivity index (χ3v) is 5.86. The Kier molecular flexibility index (Phi) is 7.13. The quantitative estimate of drug-likeness (QED) is 0.298. The summed E-state index contributed by atoms with van der Waals surface area (Å²) in [6.45, 7) is 5.77. The second-order valence-electron chi connectivity index (χ2n) is 8.46. The van der Waals surface area contributed by atoms with Crippen molar-refractivity contribution < 1.29 is 5.11 Å². The van der Waals surface area contributed by atoms with E-state index in [4.69, 9.17) is 5.73 Å². The van der Waals surface area contributed by atoms with Gasteiger partial charge in [0, 0.05) is 12.7 Å². The number of aliphatic hydroxyl groups excluding tert-OH is 1. The number of nitrogens with zero attached hydrogens (tertiary/aromatic N) is 4. The van der Waals surface area contributed by atoms with Gasteiger partial charge in [-0.05, 0) is 55.3 Å². The number of hydrogen-bond donors (Lipinski definition) is 3. The molecule has 0 bridgehead atoms. The fourth-order valence-electron chi connectivity index (χ4n) is 4.14. The van der Waals surface area contributed by atoms with Gasteiger partial charge in [-0.3, -0.25) is 14.4 Å². The van der Waals surface area contributed by atoms with Crippen LogP contribution in [0.15, 0.2) is 64.6 Å². The number of aryl methyl sites for hydroxylation is 2. The highest BCUT2D eigenvalue weighted by Gasteiger charge is 2.17. The predicted octanol–water partition coefficient (Wildman–Crippen LogP) is 3.39. The number of hydrogen-bond acceptors (Lipinski definition) is 7. The Bertz CT molecular complexity index is 1590. The Balaban J connectivity index is 1.85. The highest BCUT2D eigenvalue weighted by molar-refractivity contribution is 6.18. The lowest BCUT2D eigenvalue weighted by Crippen LogP contribution is -2.25. The molecule has 4 N–H and O–H groups in total. The molecule has 182 valence electrons.